The highest BCUT2D eigenvalue weighted by atomic mass is 16.5. The molecule has 0 spiro atoms. The first kappa shape index (κ1) is 15.8. The number of carbonyl (C=O) groups is 1. The van der Waals surface area contributed by atoms with Crippen molar-refractivity contribution in [3.05, 3.63) is 0 Å². The lowest BCUT2D eigenvalue weighted by atomic mass is 9.78. The molecule has 2 rings (SSSR count). The quantitative estimate of drug-likeness (QED) is 0.801. The molecule has 2 fully saturated rings. The maximum Gasteiger partial charge on any atom is 0.308 e. The van der Waals surface area contributed by atoms with Crippen LogP contribution in [0.2, 0.25) is 0 Å². The predicted octanol–water partition coefficient (Wildman–Crippen LogP) is 3.52. The molecule has 1 N–H and O–H groups in total. The van der Waals surface area contributed by atoms with Crippen LogP contribution in [0.1, 0.15) is 65.7 Å². The largest absolute Gasteiger partial charge is 0.466 e. The molecule has 116 valence electrons. The Hall–Kier alpha value is -0.570. The van der Waals surface area contributed by atoms with Gasteiger partial charge >= 0.3 is 5.97 Å². The predicted molar refractivity (Wildman–Crippen MR) is 81.5 cm³/mol. The zero-order valence-electron chi connectivity index (χ0n) is 13.4. The van der Waals surface area contributed by atoms with Crippen LogP contribution >= 0.6 is 0 Å². The van der Waals surface area contributed by atoms with Crippen molar-refractivity contribution in [2.75, 3.05) is 6.61 Å². The Morgan fingerprint density at radius 3 is 2.65 bits per heavy atom. The minimum atomic E-state index is 0.0179. The van der Waals surface area contributed by atoms with E-state index in [1.165, 1.54) is 25.7 Å². The Morgan fingerprint density at radius 2 is 1.95 bits per heavy atom. The van der Waals surface area contributed by atoms with Crippen LogP contribution in [0.5, 0.6) is 0 Å². The van der Waals surface area contributed by atoms with Crippen molar-refractivity contribution in [3.63, 3.8) is 0 Å². The molecule has 0 amide bonds. The summed E-state index contributed by atoms with van der Waals surface area (Å²) in [4.78, 5) is 11.9. The maximum absolute atomic E-state index is 11.9. The summed E-state index contributed by atoms with van der Waals surface area (Å²) in [6.45, 7) is 7.13. The molecule has 0 aromatic heterocycles. The summed E-state index contributed by atoms with van der Waals surface area (Å²) in [5.74, 6) is 1.78. The van der Waals surface area contributed by atoms with Crippen LogP contribution in [-0.2, 0) is 9.53 Å². The normalized spacial score (nSPS) is 38.5. The van der Waals surface area contributed by atoms with Crippen molar-refractivity contribution in [2.45, 2.75) is 77.8 Å². The minimum absolute atomic E-state index is 0.0179. The number of rotatable bonds is 4. The molecule has 2 saturated carbocycles. The van der Waals surface area contributed by atoms with Gasteiger partial charge in [-0.2, -0.15) is 0 Å². The van der Waals surface area contributed by atoms with E-state index >= 15 is 0 Å². The van der Waals surface area contributed by atoms with Crippen LogP contribution < -0.4 is 5.32 Å². The SMILES string of the molecule is CCOC(=O)C1CCCC(NC2CCC(C)CC2C)C1. The molecule has 0 aromatic carbocycles. The fourth-order valence-electron chi connectivity index (χ4n) is 4.03. The second-order valence-electron chi connectivity index (χ2n) is 6.98. The highest BCUT2D eigenvalue weighted by Crippen LogP contribution is 2.31. The van der Waals surface area contributed by atoms with Gasteiger partial charge in [0.15, 0.2) is 0 Å². The first-order valence-corrected chi connectivity index (χ1v) is 8.52. The van der Waals surface area contributed by atoms with Crippen LogP contribution in [0.15, 0.2) is 0 Å². The summed E-state index contributed by atoms with van der Waals surface area (Å²) in [5.41, 5.74) is 0. The van der Waals surface area contributed by atoms with Gasteiger partial charge in [-0.1, -0.05) is 20.3 Å². The molecule has 0 radical (unpaired) electrons. The maximum atomic E-state index is 11.9. The zero-order chi connectivity index (χ0) is 14.5. The van der Waals surface area contributed by atoms with Gasteiger partial charge in [-0.3, -0.25) is 4.79 Å². The smallest absolute Gasteiger partial charge is 0.308 e. The topological polar surface area (TPSA) is 38.3 Å². The summed E-state index contributed by atoms with van der Waals surface area (Å²) < 4.78 is 5.19. The van der Waals surface area contributed by atoms with Gasteiger partial charge in [-0.25, -0.2) is 0 Å². The molecule has 0 saturated heterocycles. The van der Waals surface area contributed by atoms with Crippen molar-refractivity contribution in [1.82, 2.24) is 5.32 Å². The van der Waals surface area contributed by atoms with Crippen LogP contribution in [0.25, 0.3) is 0 Å². The Kier molecular flexibility index (Phi) is 5.88. The fraction of sp³-hybridized carbons (Fsp3) is 0.941. The Morgan fingerprint density at radius 1 is 1.15 bits per heavy atom. The highest BCUT2D eigenvalue weighted by Gasteiger charge is 2.32. The summed E-state index contributed by atoms with van der Waals surface area (Å²) in [6, 6.07) is 1.16. The molecule has 20 heavy (non-hydrogen) atoms. The Bertz CT molecular complexity index is 318. The minimum Gasteiger partial charge on any atom is -0.466 e. The van der Waals surface area contributed by atoms with E-state index < -0.39 is 0 Å². The lowest BCUT2D eigenvalue weighted by Crippen LogP contribution is -2.47. The average Bonchev–Trinajstić information content (AvgIpc) is 2.43. The third-order valence-electron chi connectivity index (χ3n) is 5.18. The third-order valence-corrected chi connectivity index (χ3v) is 5.18. The molecule has 0 heterocycles. The van der Waals surface area contributed by atoms with E-state index in [0.717, 1.165) is 31.1 Å². The van der Waals surface area contributed by atoms with E-state index in [1.54, 1.807) is 0 Å². The van der Waals surface area contributed by atoms with Gasteiger partial charge in [-0.15, -0.1) is 0 Å². The summed E-state index contributed by atoms with van der Waals surface area (Å²) >= 11 is 0. The summed E-state index contributed by atoms with van der Waals surface area (Å²) in [5, 5.41) is 3.85. The van der Waals surface area contributed by atoms with Crippen molar-refractivity contribution in [2.24, 2.45) is 17.8 Å². The van der Waals surface area contributed by atoms with E-state index in [2.05, 4.69) is 19.2 Å². The Labute approximate surface area is 123 Å². The number of carbonyl (C=O) groups excluding carboxylic acids is 1. The van der Waals surface area contributed by atoms with Crippen LogP contribution in [0.4, 0.5) is 0 Å². The number of ether oxygens (including phenoxy) is 1. The molecule has 0 aliphatic heterocycles. The lowest BCUT2D eigenvalue weighted by Gasteiger charge is -2.38. The number of hydrogen-bond acceptors (Lipinski definition) is 3. The fourth-order valence-corrected chi connectivity index (χ4v) is 4.03. The van der Waals surface area contributed by atoms with Crippen LogP contribution in [0, 0.1) is 17.8 Å². The van der Waals surface area contributed by atoms with Crippen LogP contribution in [-0.4, -0.2) is 24.7 Å². The molecule has 2 aliphatic rings. The van der Waals surface area contributed by atoms with Gasteiger partial charge in [0.25, 0.3) is 0 Å². The van der Waals surface area contributed by atoms with Gasteiger partial charge in [0, 0.05) is 12.1 Å². The van der Waals surface area contributed by atoms with Gasteiger partial charge in [0.2, 0.25) is 0 Å². The second-order valence-corrected chi connectivity index (χ2v) is 6.98. The van der Waals surface area contributed by atoms with Crippen LogP contribution in [0.3, 0.4) is 0 Å². The third kappa shape index (κ3) is 4.21. The first-order chi connectivity index (χ1) is 9.60. The van der Waals surface area contributed by atoms with Gasteiger partial charge in [0.05, 0.1) is 12.5 Å². The molecule has 3 nitrogen and oxygen atoms in total. The highest BCUT2D eigenvalue weighted by molar-refractivity contribution is 5.72. The van der Waals surface area contributed by atoms with E-state index in [9.17, 15) is 4.79 Å². The molecule has 0 aromatic rings. The first-order valence-electron chi connectivity index (χ1n) is 8.52. The number of nitrogens with one attached hydrogen (secondary N) is 1. The van der Waals surface area contributed by atoms with Crippen molar-refractivity contribution in [3.8, 4) is 0 Å². The standard InChI is InChI=1S/C17H31NO2/c1-4-20-17(19)14-6-5-7-15(11-14)18-16-9-8-12(2)10-13(16)3/h12-16,18H,4-11H2,1-3H3. The molecule has 5 unspecified atom stereocenters. The second kappa shape index (κ2) is 7.44. The molecule has 3 heteroatoms. The molecular formula is C17H31NO2. The van der Waals surface area contributed by atoms with Gasteiger partial charge in [-0.05, 0) is 57.3 Å². The van der Waals surface area contributed by atoms with E-state index in [0.29, 0.717) is 18.7 Å². The summed E-state index contributed by atoms with van der Waals surface area (Å²) in [6.07, 6.45) is 8.32. The lowest BCUT2D eigenvalue weighted by molar-refractivity contribution is -0.149. The average molecular weight is 281 g/mol. The van der Waals surface area contributed by atoms with E-state index in [1.807, 2.05) is 6.92 Å². The van der Waals surface area contributed by atoms with Crippen molar-refractivity contribution < 1.29 is 9.53 Å². The van der Waals surface area contributed by atoms with Gasteiger partial charge in [0.1, 0.15) is 0 Å². The molecule has 0 bridgehead atoms. The molecular weight excluding hydrogens is 250 g/mol. The van der Waals surface area contributed by atoms with Crippen molar-refractivity contribution >= 4 is 5.97 Å². The van der Waals surface area contributed by atoms with E-state index in [4.69, 9.17) is 4.74 Å². The monoisotopic (exact) mass is 281 g/mol. The molecule has 5 atom stereocenters. The van der Waals surface area contributed by atoms with E-state index in [-0.39, 0.29) is 11.9 Å². The summed E-state index contributed by atoms with van der Waals surface area (Å²) in [7, 11) is 0. The zero-order valence-corrected chi connectivity index (χ0v) is 13.4. The molecule has 2 aliphatic carbocycles. The van der Waals surface area contributed by atoms with Crippen molar-refractivity contribution in [1.29, 1.82) is 0 Å². The Balaban J connectivity index is 1.82. The number of esters is 1. The van der Waals surface area contributed by atoms with Gasteiger partial charge < -0.3 is 10.1 Å². The number of hydrogen-bond donors (Lipinski definition) is 1.